The first-order valence-corrected chi connectivity index (χ1v) is 8.93. The summed E-state index contributed by atoms with van der Waals surface area (Å²) in [6.45, 7) is 5.59. The molecule has 4 nitrogen and oxygen atoms in total. The molecule has 138 valence electrons. The lowest BCUT2D eigenvalue weighted by Gasteiger charge is -1.97. The van der Waals surface area contributed by atoms with Crippen molar-refractivity contribution in [2.24, 2.45) is 0 Å². The maximum absolute atomic E-state index is 10.6. The Morgan fingerprint density at radius 2 is 1.42 bits per heavy atom. The smallest absolute Gasteiger partial charge is 0.289 e. The predicted octanol–water partition coefficient (Wildman–Crippen LogP) is 6.02. The monoisotopic (exact) mass is 431 g/mol. The molecule has 26 heavy (non-hydrogen) atoms. The predicted molar refractivity (Wildman–Crippen MR) is 108 cm³/mol. The third-order valence-electron chi connectivity index (χ3n) is 3.03. The summed E-state index contributed by atoms with van der Waals surface area (Å²) in [6.07, 6.45) is 3.05. The zero-order valence-corrected chi connectivity index (χ0v) is 17.4. The average Bonchev–Trinajstić information content (AvgIpc) is 2.60. The average molecular weight is 433 g/mol. The molecule has 8 heteroatoms. The van der Waals surface area contributed by atoms with E-state index in [2.05, 4.69) is 9.97 Å². The molecule has 0 aliphatic carbocycles. The van der Waals surface area contributed by atoms with Crippen molar-refractivity contribution in [1.29, 1.82) is 0 Å². The second-order valence-electron chi connectivity index (χ2n) is 5.16. The first-order chi connectivity index (χ1) is 12.2. The zero-order chi connectivity index (χ0) is 19.7. The fraction of sp³-hybridized carbons (Fsp3) is 0.167. The Morgan fingerprint density at radius 3 is 1.85 bits per heavy atom. The van der Waals surface area contributed by atoms with Crippen LogP contribution in [0.5, 0.6) is 0 Å². The third-order valence-corrected chi connectivity index (χ3v) is 4.49. The summed E-state index contributed by atoms with van der Waals surface area (Å²) in [5.74, 6) is 0. The molecule has 3 heterocycles. The van der Waals surface area contributed by atoms with Gasteiger partial charge in [-0.3, -0.25) is 0 Å². The van der Waals surface area contributed by atoms with E-state index < -0.39 is 0 Å². The number of rotatable bonds is 0. The number of hydrogen-bond donors (Lipinski definition) is 0. The minimum absolute atomic E-state index is 0.248. The standard InChI is InChI=1S/C6H5Cl2N.C6H6ClNO.C6H6ClN/c1-4-2-3-5(7)9-6(4)8;1-5-3-2-4-8(9)6(5)7;1-5-3-2-4-8-6(5)7/h2-3H,1H3;2-4H,1H3;2-4H,1H3. The summed E-state index contributed by atoms with van der Waals surface area (Å²) in [5.41, 5.74) is 2.77. The molecule has 3 rings (SSSR count). The van der Waals surface area contributed by atoms with Crippen LogP contribution in [0.2, 0.25) is 20.6 Å². The van der Waals surface area contributed by atoms with Crippen LogP contribution >= 0.6 is 46.4 Å². The maximum atomic E-state index is 10.6. The van der Waals surface area contributed by atoms with Crippen LogP contribution in [0.25, 0.3) is 0 Å². The molecule has 0 fully saturated rings. The van der Waals surface area contributed by atoms with Crippen LogP contribution in [0.15, 0.2) is 48.8 Å². The van der Waals surface area contributed by atoms with Gasteiger partial charge in [0.2, 0.25) is 0 Å². The van der Waals surface area contributed by atoms with E-state index in [9.17, 15) is 5.21 Å². The largest absolute Gasteiger partial charge is 0.618 e. The number of aryl methyl sites for hydroxylation is 3. The van der Waals surface area contributed by atoms with Crippen LogP contribution in [-0.4, -0.2) is 9.97 Å². The molecule has 0 unspecified atom stereocenters. The summed E-state index contributed by atoms with van der Waals surface area (Å²) < 4.78 is 0.636. The van der Waals surface area contributed by atoms with Gasteiger partial charge in [-0.05, 0) is 61.7 Å². The van der Waals surface area contributed by atoms with Crippen molar-refractivity contribution in [3.63, 3.8) is 0 Å². The molecule has 3 aromatic heterocycles. The highest BCUT2D eigenvalue weighted by atomic mass is 35.5. The van der Waals surface area contributed by atoms with E-state index in [1.54, 1.807) is 31.3 Å². The minimum Gasteiger partial charge on any atom is -0.618 e. The lowest BCUT2D eigenvalue weighted by Crippen LogP contribution is -2.26. The van der Waals surface area contributed by atoms with Crippen molar-refractivity contribution in [3.8, 4) is 0 Å². The van der Waals surface area contributed by atoms with Gasteiger partial charge in [0.15, 0.2) is 6.20 Å². The van der Waals surface area contributed by atoms with E-state index in [1.807, 2.05) is 32.0 Å². The summed E-state index contributed by atoms with van der Waals surface area (Å²) in [7, 11) is 0. The van der Waals surface area contributed by atoms with Crippen molar-refractivity contribution in [2.75, 3.05) is 0 Å². The summed E-state index contributed by atoms with van der Waals surface area (Å²) in [5, 5.41) is 12.4. The molecule has 0 saturated carbocycles. The number of hydrogen-bond acceptors (Lipinski definition) is 3. The van der Waals surface area contributed by atoms with E-state index >= 15 is 0 Å². The van der Waals surface area contributed by atoms with Crippen molar-refractivity contribution in [1.82, 2.24) is 9.97 Å². The summed E-state index contributed by atoms with van der Waals surface area (Å²) in [4.78, 5) is 7.65. The SMILES string of the molecule is Cc1ccc(Cl)nc1Cl.Cc1ccc[n+]([O-])c1Cl.Cc1cccnc1Cl. The Bertz CT molecular complexity index is 818. The minimum atomic E-state index is 0.248. The van der Waals surface area contributed by atoms with Gasteiger partial charge in [0.1, 0.15) is 15.5 Å². The van der Waals surface area contributed by atoms with Crippen LogP contribution in [0, 0.1) is 26.0 Å². The van der Waals surface area contributed by atoms with E-state index in [1.165, 1.54) is 6.20 Å². The van der Waals surface area contributed by atoms with Crippen LogP contribution in [-0.2, 0) is 0 Å². The van der Waals surface area contributed by atoms with Crippen molar-refractivity contribution in [3.05, 3.63) is 91.3 Å². The molecular formula is C18H17Cl4N3O. The fourth-order valence-electron chi connectivity index (χ4n) is 1.52. The second kappa shape index (κ2) is 11.2. The van der Waals surface area contributed by atoms with Crippen molar-refractivity contribution in [2.45, 2.75) is 20.8 Å². The Labute approximate surface area is 172 Å². The van der Waals surface area contributed by atoms with Crippen LogP contribution in [0.3, 0.4) is 0 Å². The van der Waals surface area contributed by atoms with Gasteiger partial charge < -0.3 is 5.21 Å². The molecule has 0 aliphatic heterocycles. The highest BCUT2D eigenvalue weighted by Crippen LogP contribution is 2.14. The number of aromatic nitrogens is 3. The topological polar surface area (TPSA) is 52.7 Å². The van der Waals surface area contributed by atoms with Gasteiger partial charge in [-0.1, -0.05) is 46.9 Å². The van der Waals surface area contributed by atoms with Crippen molar-refractivity contribution >= 4 is 46.4 Å². The van der Waals surface area contributed by atoms with Gasteiger partial charge in [-0.15, -0.1) is 0 Å². The molecule has 0 N–H and O–H groups in total. The lowest BCUT2D eigenvalue weighted by molar-refractivity contribution is -0.603. The molecule has 0 spiro atoms. The van der Waals surface area contributed by atoms with E-state index in [4.69, 9.17) is 46.4 Å². The molecule has 0 radical (unpaired) electrons. The van der Waals surface area contributed by atoms with Crippen LogP contribution < -0.4 is 4.73 Å². The Morgan fingerprint density at radius 1 is 0.808 bits per heavy atom. The molecule has 3 aromatic rings. The van der Waals surface area contributed by atoms with Crippen molar-refractivity contribution < 1.29 is 4.73 Å². The van der Waals surface area contributed by atoms with E-state index in [0.717, 1.165) is 16.7 Å². The van der Waals surface area contributed by atoms with Gasteiger partial charge in [0, 0.05) is 17.8 Å². The first-order valence-electron chi connectivity index (χ1n) is 7.42. The van der Waals surface area contributed by atoms with E-state index in [-0.39, 0.29) is 5.15 Å². The normalized spacial score (nSPS) is 9.50. The second-order valence-corrected chi connectivity index (χ2v) is 6.62. The van der Waals surface area contributed by atoms with Crippen LogP contribution in [0.1, 0.15) is 16.7 Å². The van der Waals surface area contributed by atoms with Gasteiger partial charge in [-0.2, -0.15) is 4.73 Å². The molecule has 0 atom stereocenters. The zero-order valence-electron chi connectivity index (χ0n) is 14.4. The van der Waals surface area contributed by atoms with Gasteiger partial charge in [-0.25, -0.2) is 9.97 Å². The van der Waals surface area contributed by atoms with E-state index in [0.29, 0.717) is 20.2 Å². The lowest BCUT2D eigenvalue weighted by atomic mass is 10.3. The number of nitrogens with zero attached hydrogens (tertiary/aromatic N) is 3. The molecule has 0 saturated heterocycles. The first kappa shape index (κ1) is 22.5. The quantitative estimate of drug-likeness (QED) is 0.248. The Kier molecular flexibility index (Phi) is 9.66. The highest BCUT2D eigenvalue weighted by molar-refractivity contribution is 6.32. The number of halogens is 4. The third kappa shape index (κ3) is 7.75. The van der Waals surface area contributed by atoms with Crippen LogP contribution in [0.4, 0.5) is 0 Å². The maximum Gasteiger partial charge on any atom is 0.289 e. The summed E-state index contributed by atoms with van der Waals surface area (Å²) >= 11 is 22.3. The number of pyridine rings is 3. The van der Waals surface area contributed by atoms with Gasteiger partial charge in [0.05, 0.1) is 0 Å². The summed E-state index contributed by atoms with van der Waals surface area (Å²) in [6, 6.07) is 10.8. The van der Waals surface area contributed by atoms with Gasteiger partial charge >= 0.3 is 0 Å². The molecule has 0 amide bonds. The molecule has 0 aromatic carbocycles. The highest BCUT2D eigenvalue weighted by Gasteiger charge is 2.01. The Balaban J connectivity index is 0.000000195. The Hall–Kier alpha value is -1.59. The molecular weight excluding hydrogens is 416 g/mol. The fourth-order valence-corrected chi connectivity index (χ4v) is 2.11. The molecule has 0 aliphatic rings. The molecule has 0 bridgehead atoms. The van der Waals surface area contributed by atoms with Gasteiger partial charge in [0.25, 0.3) is 5.15 Å².